The van der Waals surface area contributed by atoms with Crippen LogP contribution in [0.3, 0.4) is 0 Å². The number of hydrogen-bond acceptors (Lipinski definition) is 3. The van der Waals surface area contributed by atoms with Crippen molar-refractivity contribution in [3.8, 4) is 11.4 Å². The van der Waals surface area contributed by atoms with Gasteiger partial charge in [0.25, 0.3) is 0 Å². The monoisotopic (exact) mass is 318 g/mol. The van der Waals surface area contributed by atoms with Crippen molar-refractivity contribution in [2.75, 3.05) is 0 Å². The van der Waals surface area contributed by atoms with Gasteiger partial charge in [-0.25, -0.2) is 0 Å². The predicted octanol–water partition coefficient (Wildman–Crippen LogP) is 3.05. The quantitative estimate of drug-likeness (QED) is 0.746. The predicted molar refractivity (Wildman–Crippen MR) is 90.9 cm³/mol. The largest absolute Gasteiger partial charge is 0.329 e. The maximum absolute atomic E-state index is 12.8. The molecule has 3 aromatic rings. The van der Waals surface area contributed by atoms with E-state index in [0.717, 1.165) is 22.8 Å². The van der Waals surface area contributed by atoms with Crippen LogP contribution in [0.2, 0.25) is 0 Å². The molecule has 1 amide bonds. The molecule has 0 saturated heterocycles. The summed E-state index contributed by atoms with van der Waals surface area (Å²) in [6.45, 7) is 2.99. The highest BCUT2D eigenvalue weighted by Crippen LogP contribution is 2.28. The molecule has 2 aromatic carbocycles. The van der Waals surface area contributed by atoms with E-state index in [1.165, 1.54) is 0 Å². The zero-order chi connectivity index (χ0) is 16.5. The average Bonchev–Trinajstić information content (AvgIpc) is 3.05. The summed E-state index contributed by atoms with van der Waals surface area (Å²) >= 11 is 0. The van der Waals surface area contributed by atoms with Crippen LogP contribution in [0.4, 0.5) is 0 Å². The van der Waals surface area contributed by atoms with Gasteiger partial charge in [-0.1, -0.05) is 60.7 Å². The molecule has 0 radical (unpaired) electrons. The Morgan fingerprint density at radius 2 is 1.67 bits per heavy atom. The molecule has 1 aliphatic rings. The highest BCUT2D eigenvalue weighted by molar-refractivity contribution is 5.82. The Morgan fingerprint density at radius 3 is 2.38 bits per heavy atom. The van der Waals surface area contributed by atoms with Crippen molar-refractivity contribution >= 4 is 5.91 Å². The minimum Gasteiger partial charge on any atom is -0.329 e. The Morgan fingerprint density at radius 1 is 1.00 bits per heavy atom. The van der Waals surface area contributed by atoms with E-state index in [4.69, 9.17) is 0 Å². The Hall–Kier alpha value is -2.95. The summed E-state index contributed by atoms with van der Waals surface area (Å²) in [6.07, 6.45) is 0. The summed E-state index contributed by atoms with van der Waals surface area (Å²) in [5.74, 6) is 1.69. The number of carbonyl (C=O) groups is 1. The summed E-state index contributed by atoms with van der Waals surface area (Å²) in [4.78, 5) is 14.7. The highest BCUT2D eigenvalue weighted by atomic mass is 16.2. The first kappa shape index (κ1) is 14.6. The second-order valence-corrected chi connectivity index (χ2v) is 6.03. The van der Waals surface area contributed by atoms with Crippen LogP contribution in [0.25, 0.3) is 11.4 Å². The van der Waals surface area contributed by atoms with Gasteiger partial charge in [-0.2, -0.15) is 0 Å². The number of carbonyl (C=O) groups excluding carboxylic acids is 1. The fourth-order valence-corrected chi connectivity index (χ4v) is 3.18. The van der Waals surface area contributed by atoms with Gasteiger partial charge >= 0.3 is 0 Å². The molecule has 0 aliphatic carbocycles. The normalized spacial score (nSPS) is 17.0. The molecule has 24 heavy (non-hydrogen) atoms. The molecule has 0 unspecified atom stereocenters. The molecule has 2 heterocycles. The average molecular weight is 318 g/mol. The third kappa shape index (κ3) is 2.48. The summed E-state index contributed by atoms with van der Waals surface area (Å²) in [5.41, 5.74) is 2.10. The van der Waals surface area contributed by atoms with Crippen LogP contribution >= 0.6 is 0 Å². The van der Waals surface area contributed by atoms with Crippen LogP contribution in [-0.4, -0.2) is 25.6 Å². The smallest absolute Gasteiger partial charge is 0.246 e. The number of fused-ring (bicyclic) bond motifs is 1. The van der Waals surface area contributed by atoms with Gasteiger partial charge in [0.15, 0.2) is 11.6 Å². The van der Waals surface area contributed by atoms with Crippen molar-refractivity contribution in [2.24, 2.45) is 0 Å². The van der Waals surface area contributed by atoms with Crippen molar-refractivity contribution in [1.29, 1.82) is 0 Å². The van der Waals surface area contributed by atoms with Gasteiger partial charge in [-0.05, 0) is 12.5 Å². The number of amides is 1. The highest BCUT2D eigenvalue weighted by Gasteiger charge is 2.33. The van der Waals surface area contributed by atoms with Crippen LogP contribution in [0.1, 0.15) is 24.4 Å². The second-order valence-electron chi connectivity index (χ2n) is 6.03. The molecular weight excluding hydrogens is 300 g/mol. The molecule has 0 fully saturated rings. The van der Waals surface area contributed by atoms with Crippen LogP contribution in [0.5, 0.6) is 0 Å². The summed E-state index contributed by atoms with van der Waals surface area (Å²) < 4.78 is 1.96. The van der Waals surface area contributed by atoms with Gasteiger partial charge in [0, 0.05) is 12.1 Å². The lowest BCUT2D eigenvalue weighted by Gasteiger charge is -2.32. The van der Waals surface area contributed by atoms with Crippen LogP contribution in [0, 0.1) is 0 Å². The Balaban J connectivity index is 1.67. The van der Waals surface area contributed by atoms with E-state index in [0.29, 0.717) is 13.1 Å². The van der Waals surface area contributed by atoms with E-state index in [2.05, 4.69) is 10.2 Å². The van der Waals surface area contributed by atoms with Crippen molar-refractivity contribution in [3.05, 3.63) is 72.1 Å². The lowest BCUT2D eigenvalue weighted by Crippen LogP contribution is -2.41. The molecule has 1 aliphatic heterocycles. The topological polar surface area (TPSA) is 51.0 Å². The lowest BCUT2D eigenvalue weighted by molar-refractivity contribution is -0.137. The Bertz CT molecular complexity index is 858. The van der Waals surface area contributed by atoms with Crippen molar-refractivity contribution in [3.63, 3.8) is 0 Å². The summed E-state index contributed by atoms with van der Waals surface area (Å²) in [5, 5.41) is 8.66. The number of aromatic nitrogens is 3. The molecule has 4 rings (SSSR count). The maximum Gasteiger partial charge on any atom is 0.246 e. The van der Waals surface area contributed by atoms with E-state index in [1.807, 2.05) is 77.1 Å². The van der Waals surface area contributed by atoms with Gasteiger partial charge in [0.1, 0.15) is 6.04 Å². The first-order chi connectivity index (χ1) is 11.7. The van der Waals surface area contributed by atoms with E-state index in [9.17, 15) is 4.79 Å². The zero-order valence-electron chi connectivity index (χ0n) is 13.5. The van der Waals surface area contributed by atoms with E-state index in [1.54, 1.807) is 0 Å². The van der Waals surface area contributed by atoms with Gasteiger partial charge < -0.3 is 4.90 Å². The van der Waals surface area contributed by atoms with Crippen molar-refractivity contribution < 1.29 is 4.79 Å². The fourth-order valence-electron chi connectivity index (χ4n) is 3.18. The fraction of sp³-hybridized carbons (Fsp3) is 0.211. The first-order valence-electron chi connectivity index (χ1n) is 8.06. The van der Waals surface area contributed by atoms with Crippen molar-refractivity contribution in [2.45, 2.75) is 26.1 Å². The molecule has 120 valence electrons. The molecule has 0 spiro atoms. The van der Waals surface area contributed by atoms with E-state index < -0.39 is 0 Å². The number of benzene rings is 2. The van der Waals surface area contributed by atoms with Crippen LogP contribution < -0.4 is 0 Å². The van der Waals surface area contributed by atoms with Crippen molar-refractivity contribution in [1.82, 2.24) is 19.7 Å². The zero-order valence-corrected chi connectivity index (χ0v) is 13.5. The molecule has 0 bridgehead atoms. The molecule has 5 heteroatoms. The number of hydrogen-bond donors (Lipinski definition) is 0. The van der Waals surface area contributed by atoms with E-state index >= 15 is 0 Å². The Kier molecular flexibility index (Phi) is 3.61. The molecule has 5 nitrogen and oxygen atoms in total. The number of nitrogens with zero attached hydrogens (tertiary/aromatic N) is 4. The molecule has 0 N–H and O–H groups in total. The maximum atomic E-state index is 12.8. The van der Waals surface area contributed by atoms with Crippen LogP contribution in [0.15, 0.2) is 60.7 Å². The minimum absolute atomic E-state index is 0.100. The van der Waals surface area contributed by atoms with Gasteiger partial charge in [-0.15, -0.1) is 10.2 Å². The van der Waals surface area contributed by atoms with Crippen LogP contribution in [-0.2, 0) is 17.9 Å². The number of rotatable bonds is 3. The third-order valence-electron chi connectivity index (χ3n) is 4.40. The first-order valence-corrected chi connectivity index (χ1v) is 8.06. The molecular formula is C19H18N4O. The Labute approximate surface area is 140 Å². The lowest BCUT2D eigenvalue weighted by atomic mass is 10.1. The third-order valence-corrected chi connectivity index (χ3v) is 4.40. The summed E-state index contributed by atoms with van der Waals surface area (Å²) in [7, 11) is 0. The standard InChI is InChI=1S/C19H18N4O/c1-14-19(24)22(12-15-8-4-2-5-9-15)13-17-20-21-18(23(14)17)16-10-6-3-7-11-16/h2-11,14H,12-13H2,1H3/t14-/m1/s1. The SMILES string of the molecule is C[C@@H]1C(=O)N(Cc2ccccc2)Cc2nnc(-c3ccccc3)n21. The van der Waals surface area contributed by atoms with Gasteiger partial charge in [0.05, 0.1) is 6.54 Å². The van der Waals surface area contributed by atoms with Gasteiger partial charge in [0.2, 0.25) is 5.91 Å². The summed E-state index contributed by atoms with van der Waals surface area (Å²) in [6, 6.07) is 19.6. The van der Waals surface area contributed by atoms with Gasteiger partial charge in [-0.3, -0.25) is 9.36 Å². The van der Waals surface area contributed by atoms with E-state index in [-0.39, 0.29) is 11.9 Å². The molecule has 1 atom stereocenters. The second kappa shape index (κ2) is 5.92. The minimum atomic E-state index is -0.303. The molecule has 0 saturated carbocycles. The molecule has 1 aromatic heterocycles.